The lowest BCUT2D eigenvalue weighted by Crippen LogP contribution is -2.58. The SMILES string of the molecule is COC(=O)c1ccc(C(C)NC(=O)C2(C)CCCCN2Cc2ccc(C(F)(F)F)cc2)cc1. The molecule has 0 aliphatic carbocycles. The third-order valence-electron chi connectivity index (χ3n) is 6.36. The zero-order valence-electron chi connectivity index (χ0n) is 19.0. The number of methoxy groups -OCH3 is 1. The lowest BCUT2D eigenvalue weighted by Gasteiger charge is -2.44. The number of carbonyl (C=O) groups excluding carboxylic acids is 2. The van der Waals surface area contributed by atoms with Gasteiger partial charge in [-0.1, -0.05) is 24.3 Å². The van der Waals surface area contributed by atoms with Gasteiger partial charge in [-0.3, -0.25) is 9.69 Å². The normalized spacial score (nSPS) is 20.2. The number of esters is 1. The molecule has 0 saturated carbocycles. The predicted molar refractivity (Wildman–Crippen MR) is 118 cm³/mol. The van der Waals surface area contributed by atoms with E-state index in [0.717, 1.165) is 36.1 Å². The van der Waals surface area contributed by atoms with Crippen molar-refractivity contribution in [1.29, 1.82) is 0 Å². The lowest BCUT2D eigenvalue weighted by molar-refractivity contribution is -0.137. The molecule has 2 atom stereocenters. The first-order valence-corrected chi connectivity index (χ1v) is 10.9. The molecule has 5 nitrogen and oxygen atoms in total. The van der Waals surface area contributed by atoms with Gasteiger partial charge in [0.05, 0.1) is 29.8 Å². The number of amides is 1. The Hall–Kier alpha value is -2.87. The minimum absolute atomic E-state index is 0.126. The first-order valence-electron chi connectivity index (χ1n) is 10.9. The number of likely N-dealkylation sites (tertiary alicyclic amines) is 1. The minimum atomic E-state index is -4.37. The van der Waals surface area contributed by atoms with E-state index in [1.165, 1.54) is 19.2 Å². The summed E-state index contributed by atoms with van der Waals surface area (Å²) in [6.07, 6.45) is -1.89. The van der Waals surface area contributed by atoms with E-state index in [-0.39, 0.29) is 11.9 Å². The van der Waals surface area contributed by atoms with E-state index in [4.69, 9.17) is 4.74 Å². The van der Waals surface area contributed by atoms with Crippen LogP contribution in [-0.2, 0) is 22.3 Å². The van der Waals surface area contributed by atoms with Crippen molar-refractivity contribution >= 4 is 11.9 Å². The highest BCUT2D eigenvalue weighted by Crippen LogP contribution is 2.32. The summed E-state index contributed by atoms with van der Waals surface area (Å²) in [5.41, 5.74) is 0.556. The number of alkyl halides is 3. The molecule has 178 valence electrons. The van der Waals surface area contributed by atoms with Gasteiger partial charge in [-0.2, -0.15) is 13.2 Å². The molecule has 2 unspecified atom stereocenters. The summed E-state index contributed by atoms with van der Waals surface area (Å²) in [5, 5.41) is 3.07. The van der Waals surface area contributed by atoms with Crippen LogP contribution >= 0.6 is 0 Å². The Kier molecular flexibility index (Phi) is 7.47. The predicted octanol–water partition coefficient (Wildman–Crippen LogP) is 5.11. The number of piperidine rings is 1. The Balaban J connectivity index is 1.71. The van der Waals surface area contributed by atoms with Gasteiger partial charge in [-0.05, 0) is 75.0 Å². The molecule has 0 aromatic heterocycles. The number of hydrogen-bond donors (Lipinski definition) is 1. The van der Waals surface area contributed by atoms with Crippen LogP contribution in [0.1, 0.15) is 66.2 Å². The maximum Gasteiger partial charge on any atom is 0.416 e. The number of ether oxygens (including phenoxy) is 1. The molecule has 1 saturated heterocycles. The molecule has 1 aliphatic heterocycles. The van der Waals surface area contributed by atoms with Gasteiger partial charge >= 0.3 is 12.1 Å². The van der Waals surface area contributed by atoms with Crippen molar-refractivity contribution in [2.75, 3.05) is 13.7 Å². The second-order valence-electron chi connectivity index (χ2n) is 8.66. The number of rotatable bonds is 6. The van der Waals surface area contributed by atoms with Crippen LogP contribution in [0, 0.1) is 0 Å². The van der Waals surface area contributed by atoms with Crippen molar-refractivity contribution in [1.82, 2.24) is 10.2 Å². The molecule has 8 heteroatoms. The highest BCUT2D eigenvalue weighted by Gasteiger charge is 2.41. The van der Waals surface area contributed by atoms with E-state index in [1.807, 2.05) is 18.7 Å². The summed E-state index contributed by atoms with van der Waals surface area (Å²) in [5.74, 6) is -0.550. The van der Waals surface area contributed by atoms with Gasteiger partial charge in [-0.25, -0.2) is 4.79 Å². The summed E-state index contributed by atoms with van der Waals surface area (Å²) < 4.78 is 43.3. The minimum Gasteiger partial charge on any atom is -0.465 e. The Morgan fingerprint density at radius 3 is 2.30 bits per heavy atom. The average Bonchev–Trinajstić information content (AvgIpc) is 2.80. The number of hydrogen-bond acceptors (Lipinski definition) is 4. The Morgan fingerprint density at radius 2 is 1.73 bits per heavy atom. The van der Waals surface area contributed by atoms with Crippen molar-refractivity contribution in [2.24, 2.45) is 0 Å². The van der Waals surface area contributed by atoms with Gasteiger partial charge < -0.3 is 10.1 Å². The van der Waals surface area contributed by atoms with Crippen LogP contribution in [0.4, 0.5) is 13.2 Å². The highest BCUT2D eigenvalue weighted by atomic mass is 19.4. The van der Waals surface area contributed by atoms with Crippen molar-refractivity contribution in [3.8, 4) is 0 Å². The molecule has 1 amide bonds. The van der Waals surface area contributed by atoms with E-state index in [0.29, 0.717) is 25.1 Å². The van der Waals surface area contributed by atoms with Crippen molar-refractivity contribution in [3.63, 3.8) is 0 Å². The number of benzene rings is 2. The zero-order valence-corrected chi connectivity index (χ0v) is 19.0. The number of halogens is 3. The van der Waals surface area contributed by atoms with E-state index in [2.05, 4.69) is 5.32 Å². The van der Waals surface area contributed by atoms with E-state index in [1.54, 1.807) is 24.3 Å². The molecule has 1 fully saturated rings. The molecule has 0 radical (unpaired) electrons. The highest BCUT2D eigenvalue weighted by molar-refractivity contribution is 5.89. The van der Waals surface area contributed by atoms with Gasteiger partial charge in [0.25, 0.3) is 0 Å². The van der Waals surface area contributed by atoms with Gasteiger partial charge in [0.15, 0.2) is 0 Å². The standard InChI is InChI=1S/C25H29F3N2O3/c1-17(19-8-10-20(11-9-19)22(31)33-3)29-23(32)24(2)14-4-5-15-30(24)16-18-6-12-21(13-7-18)25(26,27)28/h6-13,17H,4-5,14-16H2,1-3H3,(H,29,32). The van der Waals surface area contributed by atoms with Crippen molar-refractivity contribution < 1.29 is 27.5 Å². The van der Waals surface area contributed by atoms with Crippen LogP contribution in [0.25, 0.3) is 0 Å². The van der Waals surface area contributed by atoms with Crippen molar-refractivity contribution in [3.05, 3.63) is 70.8 Å². The topological polar surface area (TPSA) is 58.6 Å². The number of carbonyl (C=O) groups is 2. The van der Waals surface area contributed by atoms with Crippen LogP contribution in [0.15, 0.2) is 48.5 Å². The maximum absolute atomic E-state index is 13.3. The van der Waals surface area contributed by atoms with Gasteiger partial charge in [0.2, 0.25) is 5.91 Å². The fourth-order valence-corrected chi connectivity index (χ4v) is 4.17. The molecule has 33 heavy (non-hydrogen) atoms. The van der Waals surface area contributed by atoms with Crippen LogP contribution in [0.3, 0.4) is 0 Å². The first kappa shape index (κ1) is 24.8. The van der Waals surface area contributed by atoms with Crippen LogP contribution in [0.5, 0.6) is 0 Å². The first-order chi connectivity index (χ1) is 15.5. The molecule has 2 aromatic carbocycles. The average molecular weight is 463 g/mol. The molecular weight excluding hydrogens is 433 g/mol. The summed E-state index contributed by atoms with van der Waals surface area (Å²) >= 11 is 0. The fourth-order valence-electron chi connectivity index (χ4n) is 4.17. The monoisotopic (exact) mass is 462 g/mol. The van der Waals surface area contributed by atoms with Crippen LogP contribution in [-0.4, -0.2) is 36.0 Å². The second-order valence-corrected chi connectivity index (χ2v) is 8.66. The van der Waals surface area contributed by atoms with Crippen LogP contribution < -0.4 is 5.32 Å². The number of nitrogens with zero attached hydrogens (tertiary/aromatic N) is 1. The summed E-state index contributed by atoms with van der Waals surface area (Å²) in [6.45, 7) is 4.84. The molecular formula is C25H29F3N2O3. The molecule has 0 bridgehead atoms. The summed E-state index contributed by atoms with van der Waals surface area (Å²) in [4.78, 5) is 27.0. The Bertz CT molecular complexity index is 974. The van der Waals surface area contributed by atoms with E-state index >= 15 is 0 Å². The molecule has 2 aromatic rings. The Labute approximate surface area is 191 Å². The third-order valence-corrected chi connectivity index (χ3v) is 6.36. The summed E-state index contributed by atoms with van der Waals surface area (Å²) in [7, 11) is 1.32. The molecule has 0 spiro atoms. The second kappa shape index (κ2) is 9.95. The van der Waals surface area contributed by atoms with Gasteiger partial charge in [0, 0.05) is 6.54 Å². The fraction of sp³-hybridized carbons (Fsp3) is 0.440. The van der Waals surface area contributed by atoms with E-state index in [9.17, 15) is 22.8 Å². The quantitative estimate of drug-likeness (QED) is 0.606. The van der Waals surface area contributed by atoms with Crippen molar-refractivity contribution in [2.45, 2.75) is 57.4 Å². The van der Waals surface area contributed by atoms with Gasteiger partial charge in [-0.15, -0.1) is 0 Å². The van der Waals surface area contributed by atoms with E-state index < -0.39 is 23.2 Å². The lowest BCUT2D eigenvalue weighted by atomic mass is 9.86. The largest absolute Gasteiger partial charge is 0.465 e. The summed E-state index contributed by atoms with van der Waals surface area (Å²) in [6, 6.07) is 11.7. The molecule has 3 rings (SSSR count). The molecule has 1 N–H and O–H groups in total. The molecule has 1 heterocycles. The third kappa shape index (κ3) is 5.74. The maximum atomic E-state index is 13.3. The smallest absolute Gasteiger partial charge is 0.416 e. The molecule has 1 aliphatic rings. The number of nitrogens with one attached hydrogen (secondary N) is 1. The van der Waals surface area contributed by atoms with Crippen LogP contribution in [0.2, 0.25) is 0 Å². The zero-order chi connectivity index (χ0) is 24.2. The Morgan fingerprint density at radius 1 is 1.09 bits per heavy atom. The van der Waals surface area contributed by atoms with Gasteiger partial charge in [0.1, 0.15) is 0 Å².